The first-order chi connectivity index (χ1) is 14.8. The molecule has 2 aromatic carbocycles. The fraction of sp³-hybridized carbons (Fsp3) is 0.417. The number of para-hydroxylation sites is 2. The van der Waals surface area contributed by atoms with Crippen molar-refractivity contribution in [3.05, 3.63) is 54.1 Å². The average Bonchev–Trinajstić information content (AvgIpc) is 3.18. The zero-order valence-electron chi connectivity index (χ0n) is 17.2. The summed E-state index contributed by atoms with van der Waals surface area (Å²) in [7, 11) is 0. The highest BCUT2D eigenvalue weighted by Crippen LogP contribution is 2.34. The van der Waals surface area contributed by atoms with Gasteiger partial charge in [0, 0.05) is 30.4 Å². The molecule has 1 N–H and O–H groups in total. The Morgan fingerprint density at radius 3 is 2.47 bits per heavy atom. The Morgan fingerprint density at radius 2 is 1.70 bits per heavy atom. The van der Waals surface area contributed by atoms with E-state index in [0.717, 1.165) is 55.9 Å². The standard InChI is InChI=1S/C24H28N4O2/c29-23(18-10-12-19(13-11-18)27-14-16-30-17-15-27)26-24-25-21-8-4-5-9-22(21)28(24)20-6-2-1-3-7-20/h4-5,8-13,20H,1-3,6-7,14-17H2,(H,25,26,29). The molecule has 0 spiro atoms. The van der Waals surface area contributed by atoms with E-state index in [0.29, 0.717) is 17.6 Å². The molecule has 1 amide bonds. The molecule has 1 saturated heterocycles. The Hall–Kier alpha value is -2.86. The van der Waals surface area contributed by atoms with Crippen LogP contribution in [0.15, 0.2) is 48.5 Å². The number of benzene rings is 2. The second-order valence-electron chi connectivity index (χ2n) is 8.19. The van der Waals surface area contributed by atoms with Crippen LogP contribution in [0.3, 0.4) is 0 Å². The van der Waals surface area contributed by atoms with Crippen molar-refractivity contribution in [1.29, 1.82) is 0 Å². The van der Waals surface area contributed by atoms with Crippen LogP contribution in [0, 0.1) is 0 Å². The summed E-state index contributed by atoms with van der Waals surface area (Å²) in [6.45, 7) is 3.27. The first-order valence-electron chi connectivity index (χ1n) is 11.0. The van der Waals surface area contributed by atoms with Gasteiger partial charge in [0.15, 0.2) is 0 Å². The SMILES string of the molecule is O=C(Nc1nc2ccccc2n1C1CCCCC1)c1ccc(N2CCOCC2)cc1. The number of nitrogens with one attached hydrogen (secondary N) is 1. The molecule has 30 heavy (non-hydrogen) atoms. The summed E-state index contributed by atoms with van der Waals surface area (Å²) in [4.78, 5) is 20.1. The lowest BCUT2D eigenvalue weighted by Crippen LogP contribution is -2.36. The van der Waals surface area contributed by atoms with Gasteiger partial charge >= 0.3 is 0 Å². The summed E-state index contributed by atoms with van der Waals surface area (Å²) in [6, 6.07) is 16.4. The van der Waals surface area contributed by atoms with Crippen LogP contribution in [-0.2, 0) is 4.74 Å². The van der Waals surface area contributed by atoms with Crippen LogP contribution in [0.4, 0.5) is 11.6 Å². The first-order valence-corrected chi connectivity index (χ1v) is 11.0. The lowest BCUT2D eigenvalue weighted by Gasteiger charge is -2.28. The van der Waals surface area contributed by atoms with Gasteiger partial charge in [-0.15, -0.1) is 0 Å². The van der Waals surface area contributed by atoms with Crippen LogP contribution in [0.2, 0.25) is 0 Å². The summed E-state index contributed by atoms with van der Waals surface area (Å²) in [5, 5.41) is 3.09. The van der Waals surface area contributed by atoms with Crippen LogP contribution in [0.5, 0.6) is 0 Å². The lowest BCUT2D eigenvalue weighted by molar-refractivity contribution is 0.102. The number of aromatic nitrogens is 2. The number of ether oxygens (including phenoxy) is 1. The monoisotopic (exact) mass is 404 g/mol. The van der Waals surface area contributed by atoms with E-state index in [1.807, 2.05) is 42.5 Å². The Kier molecular flexibility index (Phi) is 5.41. The van der Waals surface area contributed by atoms with Crippen molar-refractivity contribution in [1.82, 2.24) is 9.55 Å². The Labute approximate surface area is 176 Å². The van der Waals surface area contributed by atoms with E-state index in [-0.39, 0.29) is 5.91 Å². The second kappa shape index (κ2) is 8.48. The number of fused-ring (bicyclic) bond motifs is 1. The number of carbonyl (C=O) groups is 1. The first kappa shape index (κ1) is 19.1. The van der Waals surface area contributed by atoms with Crippen molar-refractivity contribution in [2.75, 3.05) is 36.5 Å². The third-order valence-corrected chi connectivity index (χ3v) is 6.27. The molecular formula is C24H28N4O2. The Bertz CT molecular complexity index is 1020. The number of nitrogens with zero attached hydrogens (tertiary/aromatic N) is 3. The molecule has 2 fully saturated rings. The second-order valence-corrected chi connectivity index (χ2v) is 8.19. The summed E-state index contributed by atoms with van der Waals surface area (Å²) in [6.07, 6.45) is 6.02. The van der Waals surface area contributed by atoms with Crippen LogP contribution < -0.4 is 10.2 Å². The molecule has 0 unspecified atom stereocenters. The number of rotatable bonds is 4. The zero-order chi connectivity index (χ0) is 20.3. The summed E-state index contributed by atoms with van der Waals surface area (Å²) in [5.74, 6) is 0.543. The summed E-state index contributed by atoms with van der Waals surface area (Å²) in [5.41, 5.74) is 3.81. The maximum Gasteiger partial charge on any atom is 0.257 e. The predicted octanol–water partition coefficient (Wildman–Crippen LogP) is 4.63. The fourth-order valence-electron chi connectivity index (χ4n) is 4.66. The Morgan fingerprint density at radius 1 is 0.967 bits per heavy atom. The topological polar surface area (TPSA) is 59.4 Å². The molecule has 6 heteroatoms. The third kappa shape index (κ3) is 3.79. The van der Waals surface area contributed by atoms with Crippen LogP contribution in [0.25, 0.3) is 11.0 Å². The minimum atomic E-state index is -0.115. The third-order valence-electron chi connectivity index (χ3n) is 6.27. The molecule has 6 nitrogen and oxygen atoms in total. The molecule has 156 valence electrons. The van der Waals surface area contributed by atoms with Gasteiger partial charge in [-0.3, -0.25) is 10.1 Å². The van der Waals surface area contributed by atoms with Gasteiger partial charge in [-0.25, -0.2) is 4.98 Å². The highest BCUT2D eigenvalue weighted by Gasteiger charge is 2.23. The minimum absolute atomic E-state index is 0.115. The number of hydrogen-bond acceptors (Lipinski definition) is 4. The highest BCUT2D eigenvalue weighted by molar-refractivity contribution is 6.04. The van der Waals surface area contributed by atoms with Crippen molar-refractivity contribution in [3.8, 4) is 0 Å². The van der Waals surface area contributed by atoms with Crippen molar-refractivity contribution in [3.63, 3.8) is 0 Å². The summed E-state index contributed by atoms with van der Waals surface area (Å²) < 4.78 is 7.67. The lowest BCUT2D eigenvalue weighted by atomic mass is 9.95. The van der Waals surface area contributed by atoms with Crippen molar-refractivity contribution < 1.29 is 9.53 Å². The molecule has 5 rings (SSSR count). The van der Waals surface area contributed by atoms with Gasteiger partial charge in [0.2, 0.25) is 5.95 Å². The fourth-order valence-corrected chi connectivity index (χ4v) is 4.66. The molecule has 1 aliphatic heterocycles. The van der Waals surface area contributed by atoms with Crippen molar-refractivity contribution in [2.45, 2.75) is 38.1 Å². The maximum atomic E-state index is 13.0. The quantitative estimate of drug-likeness (QED) is 0.689. The molecular weight excluding hydrogens is 376 g/mol. The summed E-state index contributed by atoms with van der Waals surface area (Å²) >= 11 is 0. The minimum Gasteiger partial charge on any atom is -0.378 e. The number of imidazole rings is 1. The Balaban J connectivity index is 1.39. The average molecular weight is 405 g/mol. The molecule has 1 aromatic heterocycles. The molecule has 0 atom stereocenters. The zero-order valence-corrected chi connectivity index (χ0v) is 17.2. The van der Waals surface area contributed by atoms with Gasteiger partial charge in [0.05, 0.1) is 24.2 Å². The highest BCUT2D eigenvalue weighted by atomic mass is 16.5. The van der Waals surface area contributed by atoms with E-state index in [2.05, 4.69) is 20.9 Å². The van der Waals surface area contributed by atoms with Gasteiger partial charge in [-0.1, -0.05) is 31.4 Å². The smallest absolute Gasteiger partial charge is 0.257 e. The maximum absolute atomic E-state index is 13.0. The van der Waals surface area contributed by atoms with Gasteiger partial charge in [0.1, 0.15) is 0 Å². The number of hydrogen-bond donors (Lipinski definition) is 1. The molecule has 0 bridgehead atoms. The number of carbonyl (C=O) groups excluding carboxylic acids is 1. The van der Waals surface area contributed by atoms with E-state index >= 15 is 0 Å². The number of anilines is 2. The molecule has 3 aromatic rings. The molecule has 1 aliphatic carbocycles. The number of morpholine rings is 1. The van der Waals surface area contributed by atoms with Crippen LogP contribution in [-0.4, -0.2) is 41.8 Å². The van der Waals surface area contributed by atoms with Gasteiger partial charge in [-0.05, 0) is 49.2 Å². The molecule has 2 heterocycles. The van der Waals surface area contributed by atoms with E-state index < -0.39 is 0 Å². The van der Waals surface area contributed by atoms with Gasteiger partial charge in [0.25, 0.3) is 5.91 Å². The largest absolute Gasteiger partial charge is 0.378 e. The molecule has 2 aliphatic rings. The molecule has 0 radical (unpaired) electrons. The van der Waals surface area contributed by atoms with Crippen LogP contribution in [0.1, 0.15) is 48.5 Å². The van der Waals surface area contributed by atoms with E-state index in [9.17, 15) is 4.79 Å². The van der Waals surface area contributed by atoms with Crippen molar-refractivity contribution >= 4 is 28.6 Å². The van der Waals surface area contributed by atoms with E-state index in [1.165, 1.54) is 19.3 Å². The predicted molar refractivity (Wildman–Crippen MR) is 119 cm³/mol. The van der Waals surface area contributed by atoms with Crippen LogP contribution >= 0.6 is 0 Å². The number of amides is 1. The normalized spacial score (nSPS) is 17.9. The van der Waals surface area contributed by atoms with Gasteiger partial charge in [-0.2, -0.15) is 0 Å². The van der Waals surface area contributed by atoms with Crippen molar-refractivity contribution in [2.24, 2.45) is 0 Å². The van der Waals surface area contributed by atoms with Gasteiger partial charge < -0.3 is 14.2 Å². The van der Waals surface area contributed by atoms with E-state index in [1.54, 1.807) is 0 Å². The van der Waals surface area contributed by atoms with E-state index in [4.69, 9.17) is 9.72 Å². The molecule has 1 saturated carbocycles.